The van der Waals surface area contributed by atoms with E-state index in [4.69, 9.17) is 0 Å². The maximum absolute atomic E-state index is 14.2. The highest BCUT2D eigenvalue weighted by atomic mass is 19.1. The molecule has 2 aromatic carbocycles. The molecule has 0 radical (unpaired) electrons. The van der Waals surface area contributed by atoms with Crippen molar-refractivity contribution < 1.29 is 8.78 Å². The SMILES string of the molecule is Fc1ccc(Cc2nn(-c3ccccc3F)c3c2CNCC3)cc1. The lowest BCUT2D eigenvalue weighted by molar-refractivity contribution is 0.591. The number of rotatable bonds is 3. The number of hydrogen-bond donors (Lipinski definition) is 1. The van der Waals surface area contributed by atoms with Gasteiger partial charge in [0.05, 0.1) is 11.4 Å². The third kappa shape index (κ3) is 2.71. The maximum Gasteiger partial charge on any atom is 0.148 e. The Kier molecular flexibility index (Phi) is 3.86. The smallest absolute Gasteiger partial charge is 0.148 e. The molecule has 0 saturated carbocycles. The van der Waals surface area contributed by atoms with E-state index in [2.05, 4.69) is 10.4 Å². The van der Waals surface area contributed by atoms with Crippen LogP contribution in [0.5, 0.6) is 0 Å². The van der Waals surface area contributed by atoms with E-state index in [9.17, 15) is 8.78 Å². The Morgan fingerprint density at radius 3 is 2.62 bits per heavy atom. The van der Waals surface area contributed by atoms with Gasteiger partial charge in [0, 0.05) is 31.5 Å². The summed E-state index contributed by atoms with van der Waals surface area (Å²) in [5, 5.41) is 8.03. The molecule has 122 valence electrons. The molecule has 0 unspecified atom stereocenters. The van der Waals surface area contributed by atoms with Gasteiger partial charge >= 0.3 is 0 Å². The highest BCUT2D eigenvalue weighted by Gasteiger charge is 2.22. The maximum atomic E-state index is 14.2. The van der Waals surface area contributed by atoms with Crippen LogP contribution >= 0.6 is 0 Å². The molecule has 1 aromatic heterocycles. The molecule has 0 fully saturated rings. The average Bonchev–Trinajstić information content (AvgIpc) is 2.96. The topological polar surface area (TPSA) is 29.9 Å². The Morgan fingerprint density at radius 2 is 1.83 bits per heavy atom. The zero-order valence-corrected chi connectivity index (χ0v) is 13.1. The van der Waals surface area contributed by atoms with E-state index in [0.717, 1.165) is 42.0 Å². The van der Waals surface area contributed by atoms with E-state index in [1.165, 1.54) is 18.2 Å². The van der Waals surface area contributed by atoms with Gasteiger partial charge in [0.25, 0.3) is 0 Å². The van der Waals surface area contributed by atoms with Gasteiger partial charge in [-0.25, -0.2) is 13.5 Å². The van der Waals surface area contributed by atoms with Gasteiger partial charge < -0.3 is 5.32 Å². The van der Waals surface area contributed by atoms with Crippen LogP contribution in [0.3, 0.4) is 0 Å². The molecule has 1 N–H and O–H groups in total. The molecule has 0 saturated heterocycles. The van der Waals surface area contributed by atoms with Crippen LogP contribution in [0.4, 0.5) is 8.78 Å². The number of fused-ring (bicyclic) bond motifs is 1. The van der Waals surface area contributed by atoms with E-state index >= 15 is 0 Å². The minimum absolute atomic E-state index is 0.251. The van der Waals surface area contributed by atoms with E-state index < -0.39 is 0 Å². The van der Waals surface area contributed by atoms with Gasteiger partial charge in [0.2, 0.25) is 0 Å². The molecule has 0 amide bonds. The molecule has 3 aromatic rings. The second kappa shape index (κ2) is 6.17. The molecule has 5 heteroatoms. The van der Waals surface area contributed by atoms with E-state index in [1.807, 2.05) is 6.07 Å². The van der Waals surface area contributed by atoms with Crippen LogP contribution in [-0.4, -0.2) is 16.3 Å². The predicted octanol–water partition coefficient (Wildman–Crippen LogP) is 3.39. The van der Waals surface area contributed by atoms with Crippen molar-refractivity contribution in [2.75, 3.05) is 6.54 Å². The number of halogens is 2. The van der Waals surface area contributed by atoms with E-state index in [0.29, 0.717) is 12.1 Å². The molecule has 0 spiro atoms. The van der Waals surface area contributed by atoms with Crippen LogP contribution in [-0.2, 0) is 19.4 Å². The molecule has 3 nitrogen and oxygen atoms in total. The van der Waals surface area contributed by atoms with Crippen LogP contribution < -0.4 is 5.32 Å². The molecule has 0 aliphatic carbocycles. The number of para-hydroxylation sites is 1. The fraction of sp³-hybridized carbons (Fsp3) is 0.211. The van der Waals surface area contributed by atoms with Crippen molar-refractivity contribution in [3.8, 4) is 5.69 Å². The minimum Gasteiger partial charge on any atom is -0.312 e. The second-order valence-electron chi connectivity index (χ2n) is 5.97. The number of benzene rings is 2. The van der Waals surface area contributed by atoms with Crippen LogP contribution in [0.1, 0.15) is 22.5 Å². The summed E-state index contributed by atoms with van der Waals surface area (Å²) in [5.74, 6) is -0.533. The largest absolute Gasteiger partial charge is 0.312 e. The number of nitrogens with one attached hydrogen (secondary N) is 1. The monoisotopic (exact) mass is 325 g/mol. The van der Waals surface area contributed by atoms with Crippen LogP contribution in [0.25, 0.3) is 5.69 Å². The summed E-state index contributed by atoms with van der Waals surface area (Å²) < 4.78 is 29.0. The Morgan fingerprint density at radius 1 is 1.04 bits per heavy atom. The Hall–Kier alpha value is -2.53. The second-order valence-corrected chi connectivity index (χ2v) is 5.97. The van der Waals surface area contributed by atoms with Crippen molar-refractivity contribution in [1.82, 2.24) is 15.1 Å². The summed E-state index contributed by atoms with van der Waals surface area (Å²) in [6.07, 6.45) is 1.41. The standard InChI is InChI=1S/C19H17F2N3/c20-14-7-5-13(6-8-14)11-17-15-12-22-10-9-18(15)24(23-17)19-4-2-1-3-16(19)21/h1-8,22H,9-12H2. The fourth-order valence-corrected chi connectivity index (χ4v) is 3.18. The first-order valence-corrected chi connectivity index (χ1v) is 8.02. The first-order valence-electron chi connectivity index (χ1n) is 8.02. The Labute approximate surface area is 138 Å². The summed E-state index contributed by atoms with van der Waals surface area (Å²) in [6, 6.07) is 13.1. The van der Waals surface area contributed by atoms with Crippen molar-refractivity contribution >= 4 is 0 Å². The van der Waals surface area contributed by atoms with Gasteiger partial charge in [-0.1, -0.05) is 24.3 Å². The molecular formula is C19H17F2N3. The van der Waals surface area contributed by atoms with Gasteiger partial charge in [-0.05, 0) is 29.8 Å². The predicted molar refractivity (Wildman–Crippen MR) is 88.1 cm³/mol. The lowest BCUT2D eigenvalue weighted by Gasteiger charge is -2.16. The van der Waals surface area contributed by atoms with Crippen LogP contribution in [0.2, 0.25) is 0 Å². The van der Waals surface area contributed by atoms with Crippen molar-refractivity contribution in [2.45, 2.75) is 19.4 Å². The zero-order valence-electron chi connectivity index (χ0n) is 13.1. The lowest BCUT2D eigenvalue weighted by Crippen LogP contribution is -2.25. The van der Waals surface area contributed by atoms with Gasteiger partial charge in [-0.3, -0.25) is 0 Å². The highest BCUT2D eigenvalue weighted by molar-refractivity contribution is 5.41. The molecule has 2 heterocycles. The minimum atomic E-state index is -0.283. The summed E-state index contributed by atoms with van der Waals surface area (Å²) >= 11 is 0. The number of hydrogen-bond acceptors (Lipinski definition) is 2. The highest BCUT2D eigenvalue weighted by Crippen LogP contribution is 2.25. The van der Waals surface area contributed by atoms with Crippen LogP contribution in [0.15, 0.2) is 48.5 Å². The quantitative estimate of drug-likeness (QED) is 0.800. The number of nitrogens with zero attached hydrogens (tertiary/aromatic N) is 2. The third-order valence-corrected chi connectivity index (χ3v) is 4.38. The van der Waals surface area contributed by atoms with Crippen molar-refractivity contribution in [3.63, 3.8) is 0 Å². The lowest BCUT2D eigenvalue weighted by atomic mass is 10.0. The molecule has 1 aliphatic rings. The fourth-order valence-electron chi connectivity index (χ4n) is 3.18. The zero-order chi connectivity index (χ0) is 16.5. The molecule has 1 aliphatic heterocycles. The Balaban J connectivity index is 1.78. The van der Waals surface area contributed by atoms with Crippen LogP contribution in [0, 0.1) is 11.6 Å². The van der Waals surface area contributed by atoms with Crippen molar-refractivity contribution in [3.05, 3.63) is 82.7 Å². The normalized spacial score (nSPS) is 13.8. The van der Waals surface area contributed by atoms with E-state index in [1.54, 1.807) is 28.9 Å². The summed E-state index contributed by atoms with van der Waals surface area (Å²) in [7, 11) is 0. The third-order valence-electron chi connectivity index (χ3n) is 4.38. The molecule has 4 rings (SSSR count). The number of aromatic nitrogens is 2. The average molecular weight is 325 g/mol. The van der Waals surface area contributed by atoms with Crippen molar-refractivity contribution in [2.24, 2.45) is 0 Å². The summed E-state index contributed by atoms with van der Waals surface area (Å²) in [6.45, 7) is 1.57. The first-order chi connectivity index (χ1) is 11.7. The Bertz CT molecular complexity index is 869. The van der Waals surface area contributed by atoms with E-state index in [-0.39, 0.29) is 11.6 Å². The van der Waals surface area contributed by atoms with Gasteiger partial charge in [-0.15, -0.1) is 0 Å². The van der Waals surface area contributed by atoms with Gasteiger partial charge in [-0.2, -0.15) is 5.10 Å². The summed E-state index contributed by atoms with van der Waals surface area (Å²) in [5.41, 5.74) is 4.54. The molecule has 0 atom stereocenters. The summed E-state index contributed by atoms with van der Waals surface area (Å²) in [4.78, 5) is 0. The van der Waals surface area contributed by atoms with Gasteiger partial charge in [0.15, 0.2) is 0 Å². The molecule has 24 heavy (non-hydrogen) atoms. The van der Waals surface area contributed by atoms with Crippen molar-refractivity contribution in [1.29, 1.82) is 0 Å². The molecule has 0 bridgehead atoms. The first kappa shape index (κ1) is 15.0. The molecular weight excluding hydrogens is 308 g/mol. The van der Waals surface area contributed by atoms with Gasteiger partial charge in [0.1, 0.15) is 17.3 Å².